The van der Waals surface area contributed by atoms with Gasteiger partial charge in [-0.05, 0) is 19.3 Å². The summed E-state index contributed by atoms with van der Waals surface area (Å²) < 4.78 is 0. The van der Waals surface area contributed by atoms with Crippen molar-refractivity contribution in [1.29, 1.82) is 0 Å². The third kappa shape index (κ3) is 3.58. The number of Topliss-reactive ketones (excluding diaryl/α,β-unsaturated/α-hetero) is 1. The van der Waals surface area contributed by atoms with Gasteiger partial charge in [0.2, 0.25) is 0 Å². The van der Waals surface area contributed by atoms with E-state index < -0.39 is 0 Å². The van der Waals surface area contributed by atoms with Crippen molar-refractivity contribution in [3.05, 3.63) is 0 Å². The molecule has 0 rings (SSSR count). The molecule has 0 aliphatic carbocycles. The van der Waals surface area contributed by atoms with Crippen molar-refractivity contribution in [3.8, 4) is 0 Å². The highest BCUT2D eigenvalue weighted by Crippen LogP contribution is 2.04. The van der Waals surface area contributed by atoms with Gasteiger partial charge in [0.05, 0.1) is 6.04 Å². The average molecular weight is 145 g/mol. The van der Waals surface area contributed by atoms with E-state index >= 15 is 0 Å². The monoisotopic (exact) mass is 145 g/mol. The molecule has 3 heteroatoms. The van der Waals surface area contributed by atoms with E-state index in [9.17, 15) is 4.79 Å². The molecule has 0 aliphatic rings. The highest BCUT2D eigenvalue weighted by molar-refractivity contribution is 5.81. The number of hydroxylamine groups is 1. The van der Waals surface area contributed by atoms with Crippen LogP contribution in [-0.2, 0) is 4.79 Å². The van der Waals surface area contributed by atoms with Crippen LogP contribution in [0.25, 0.3) is 0 Å². The van der Waals surface area contributed by atoms with Crippen LogP contribution >= 0.6 is 0 Å². The van der Waals surface area contributed by atoms with Crippen LogP contribution in [0.4, 0.5) is 0 Å². The number of ketones is 1. The van der Waals surface area contributed by atoms with Crippen LogP contribution in [0.15, 0.2) is 0 Å². The van der Waals surface area contributed by atoms with Gasteiger partial charge in [-0.1, -0.05) is 13.8 Å². The molecule has 0 saturated heterocycles. The Kier molecular flexibility index (Phi) is 4.23. The molecule has 0 fully saturated rings. The molecule has 0 spiro atoms. The highest BCUT2D eigenvalue weighted by atomic mass is 16.5. The third-order valence-corrected chi connectivity index (χ3v) is 1.35. The van der Waals surface area contributed by atoms with Gasteiger partial charge in [0.15, 0.2) is 0 Å². The van der Waals surface area contributed by atoms with E-state index in [1.165, 1.54) is 6.92 Å². The maximum atomic E-state index is 10.7. The molecule has 60 valence electrons. The Morgan fingerprint density at radius 1 is 1.60 bits per heavy atom. The maximum Gasteiger partial charge on any atom is 0.149 e. The summed E-state index contributed by atoms with van der Waals surface area (Å²) in [6.45, 7) is 5.48. The SMILES string of the molecule is CC(=O)C(CC(C)C)NO. The molecule has 10 heavy (non-hydrogen) atoms. The summed E-state index contributed by atoms with van der Waals surface area (Å²) in [7, 11) is 0. The zero-order valence-electron chi connectivity index (χ0n) is 6.72. The van der Waals surface area contributed by atoms with Gasteiger partial charge in [0, 0.05) is 0 Å². The van der Waals surface area contributed by atoms with E-state index in [1.54, 1.807) is 0 Å². The molecule has 0 saturated carbocycles. The first kappa shape index (κ1) is 9.59. The molecule has 3 nitrogen and oxygen atoms in total. The maximum absolute atomic E-state index is 10.7. The molecular weight excluding hydrogens is 130 g/mol. The molecule has 0 aromatic rings. The molecule has 0 heterocycles. The van der Waals surface area contributed by atoms with Crippen LogP contribution in [0.2, 0.25) is 0 Å². The summed E-state index contributed by atoms with van der Waals surface area (Å²) in [5.74, 6) is 0.407. The molecule has 1 unspecified atom stereocenters. The summed E-state index contributed by atoms with van der Waals surface area (Å²) in [5, 5.41) is 8.47. The van der Waals surface area contributed by atoms with E-state index in [4.69, 9.17) is 5.21 Å². The molecule has 0 amide bonds. The van der Waals surface area contributed by atoms with E-state index in [1.807, 2.05) is 19.3 Å². The Morgan fingerprint density at radius 3 is 2.20 bits per heavy atom. The first-order valence-electron chi connectivity index (χ1n) is 3.48. The number of hydrogen-bond acceptors (Lipinski definition) is 3. The number of carbonyl (C=O) groups is 1. The van der Waals surface area contributed by atoms with Crippen LogP contribution in [0, 0.1) is 5.92 Å². The molecular formula is C7H15NO2. The zero-order chi connectivity index (χ0) is 8.15. The predicted octanol–water partition coefficient (Wildman–Crippen LogP) is 0.969. The summed E-state index contributed by atoms with van der Waals surface area (Å²) in [6.07, 6.45) is 0.686. The lowest BCUT2D eigenvalue weighted by atomic mass is 10.0. The van der Waals surface area contributed by atoms with Crippen molar-refractivity contribution >= 4 is 5.78 Å². The fourth-order valence-electron chi connectivity index (χ4n) is 0.781. The standard InChI is InChI=1S/C7H15NO2/c1-5(2)4-7(8-10)6(3)9/h5,7-8,10H,4H2,1-3H3. The van der Waals surface area contributed by atoms with Crippen molar-refractivity contribution in [2.24, 2.45) is 5.92 Å². The summed E-state index contributed by atoms with van der Waals surface area (Å²) in [6, 6.07) is -0.389. The van der Waals surface area contributed by atoms with Crippen molar-refractivity contribution in [1.82, 2.24) is 5.48 Å². The fraction of sp³-hybridized carbons (Fsp3) is 0.857. The number of nitrogens with one attached hydrogen (secondary N) is 1. The smallest absolute Gasteiger partial charge is 0.149 e. The van der Waals surface area contributed by atoms with Crippen LogP contribution in [0.1, 0.15) is 27.2 Å². The largest absolute Gasteiger partial charge is 0.316 e. The van der Waals surface area contributed by atoms with Crippen molar-refractivity contribution in [2.75, 3.05) is 0 Å². The minimum atomic E-state index is -0.389. The second-order valence-electron chi connectivity index (χ2n) is 2.92. The summed E-state index contributed by atoms with van der Waals surface area (Å²) in [5.41, 5.74) is 1.98. The minimum absolute atomic E-state index is 0.0174. The van der Waals surface area contributed by atoms with E-state index in [2.05, 4.69) is 0 Å². The number of hydrogen-bond donors (Lipinski definition) is 2. The lowest BCUT2D eigenvalue weighted by molar-refractivity contribution is -0.121. The van der Waals surface area contributed by atoms with Crippen LogP contribution in [0.5, 0.6) is 0 Å². The molecule has 2 N–H and O–H groups in total. The van der Waals surface area contributed by atoms with E-state index in [0.717, 1.165) is 0 Å². The first-order valence-corrected chi connectivity index (χ1v) is 3.48. The Bertz CT molecular complexity index is 112. The van der Waals surface area contributed by atoms with Gasteiger partial charge in [-0.25, -0.2) is 0 Å². The third-order valence-electron chi connectivity index (χ3n) is 1.35. The van der Waals surface area contributed by atoms with Gasteiger partial charge in [0.25, 0.3) is 0 Å². The topological polar surface area (TPSA) is 49.3 Å². The highest BCUT2D eigenvalue weighted by Gasteiger charge is 2.13. The van der Waals surface area contributed by atoms with Gasteiger partial charge in [-0.3, -0.25) is 4.79 Å². The van der Waals surface area contributed by atoms with Crippen LogP contribution < -0.4 is 5.48 Å². The van der Waals surface area contributed by atoms with E-state index in [0.29, 0.717) is 12.3 Å². The Hall–Kier alpha value is -0.410. The minimum Gasteiger partial charge on any atom is -0.316 e. The average Bonchev–Trinajstić information content (AvgIpc) is 1.81. The molecule has 1 atom stereocenters. The zero-order valence-corrected chi connectivity index (χ0v) is 6.72. The van der Waals surface area contributed by atoms with Crippen molar-refractivity contribution in [2.45, 2.75) is 33.2 Å². The Balaban J connectivity index is 3.72. The quantitative estimate of drug-likeness (QED) is 0.579. The molecule has 0 radical (unpaired) electrons. The van der Waals surface area contributed by atoms with Gasteiger partial charge < -0.3 is 5.21 Å². The van der Waals surface area contributed by atoms with Gasteiger partial charge in [-0.15, -0.1) is 0 Å². The fourth-order valence-corrected chi connectivity index (χ4v) is 0.781. The van der Waals surface area contributed by atoms with Gasteiger partial charge >= 0.3 is 0 Å². The van der Waals surface area contributed by atoms with Gasteiger partial charge in [-0.2, -0.15) is 5.48 Å². The number of carbonyl (C=O) groups excluding carboxylic acids is 1. The second-order valence-corrected chi connectivity index (χ2v) is 2.92. The van der Waals surface area contributed by atoms with Gasteiger partial charge in [0.1, 0.15) is 5.78 Å². The molecule has 0 aromatic heterocycles. The Morgan fingerprint density at radius 2 is 2.10 bits per heavy atom. The molecule has 0 aliphatic heterocycles. The van der Waals surface area contributed by atoms with Crippen molar-refractivity contribution in [3.63, 3.8) is 0 Å². The molecule has 0 aromatic carbocycles. The Labute approximate surface area is 61.4 Å². The van der Waals surface area contributed by atoms with Crippen LogP contribution in [0.3, 0.4) is 0 Å². The second kappa shape index (κ2) is 4.41. The predicted molar refractivity (Wildman–Crippen MR) is 38.8 cm³/mol. The lowest BCUT2D eigenvalue weighted by Crippen LogP contribution is -2.33. The normalized spacial score (nSPS) is 13.7. The lowest BCUT2D eigenvalue weighted by Gasteiger charge is -2.12. The van der Waals surface area contributed by atoms with Crippen LogP contribution in [-0.4, -0.2) is 17.0 Å². The van der Waals surface area contributed by atoms with Crippen molar-refractivity contribution < 1.29 is 10.0 Å². The first-order chi connectivity index (χ1) is 4.57. The summed E-state index contributed by atoms with van der Waals surface area (Å²) >= 11 is 0. The molecule has 0 bridgehead atoms. The van der Waals surface area contributed by atoms with E-state index in [-0.39, 0.29) is 11.8 Å². The number of rotatable bonds is 4. The summed E-state index contributed by atoms with van der Waals surface area (Å²) in [4.78, 5) is 10.7.